The van der Waals surface area contributed by atoms with E-state index in [0.29, 0.717) is 13.0 Å². The topological polar surface area (TPSA) is 85.0 Å². The summed E-state index contributed by atoms with van der Waals surface area (Å²) in [6.45, 7) is 6.92. The van der Waals surface area contributed by atoms with Crippen molar-refractivity contribution in [1.29, 1.82) is 0 Å². The Bertz CT molecular complexity index is 694. The Morgan fingerprint density at radius 3 is 2.80 bits per heavy atom. The number of nitrogens with zero attached hydrogens (tertiary/aromatic N) is 8. The van der Waals surface area contributed by atoms with Crippen LogP contribution in [0.15, 0.2) is 12.4 Å². The summed E-state index contributed by atoms with van der Waals surface area (Å²) >= 11 is 0. The van der Waals surface area contributed by atoms with Crippen molar-refractivity contribution in [2.45, 2.75) is 32.7 Å². The molecule has 1 aliphatic heterocycles. The van der Waals surface area contributed by atoms with Gasteiger partial charge in [-0.25, -0.2) is 9.67 Å². The Labute approximate surface area is 147 Å². The fourth-order valence-corrected chi connectivity index (χ4v) is 3.15. The van der Waals surface area contributed by atoms with Crippen molar-refractivity contribution in [2.24, 2.45) is 7.05 Å². The smallest absolute Gasteiger partial charge is 0.224 e. The van der Waals surface area contributed by atoms with Crippen LogP contribution in [0.25, 0.3) is 0 Å². The lowest BCUT2D eigenvalue weighted by molar-refractivity contribution is -0.131. The van der Waals surface area contributed by atoms with Crippen molar-refractivity contribution >= 4 is 5.91 Å². The molecule has 0 saturated carbocycles. The van der Waals surface area contributed by atoms with Crippen LogP contribution < -0.4 is 0 Å². The summed E-state index contributed by atoms with van der Waals surface area (Å²) in [6, 6.07) is 0. The van der Waals surface area contributed by atoms with Gasteiger partial charge in [0.1, 0.15) is 11.6 Å². The van der Waals surface area contributed by atoms with Gasteiger partial charge in [0.05, 0.1) is 6.54 Å². The predicted molar refractivity (Wildman–Crippen MR) is 91.7 cm³/mol. The number of aromatic nitrogens is 6. The highest BCUT2D eigenvalue weighted by atomic mass is 16.2. The van der Waals surface area contributed by atoms with Crippen LogP contribution >= 0.6 is 0 Å². The van der Waals surface area contributed by atoms with Crippen molar-refractivity contribution in [1.82, 2.24) is 39.6 Å². The van der Waals surface area contributed by atoms with E-state index in [2.05, 4.69) is 30.0 Å². The molecular formula is C16H26N8O. The van der Waals surface area contributed by atoms with Gasteiger partial charge in [0.2, 0.25) is 5.91 Å². The van der Waals surface area contributed by atoms with Gasteiger partial charge in [-0.1, -0.05) is 0 Å². The van der Waals surface area contributed by atoms with Crippen LogP contribution in [-0.4, -0.2) is 78.2 Å². The molecule has 0 aliphatic carbocycles. The van der Waals surface area contributed by atoms with Crippen LogP contribution in [0.2, 0.25) is 0 Å². The van der Waals surface area contributed by atoms with E-state index in [1.54, 1.807) is 4.68 Å². The largest absolute Gasteiger partial charge is 0.341 e. The molecule has 1 aliphatic rings. The fourth-order valence-electron chi connectivity index (χ4n) is 3.15. The van der Waals surface area contributed by atoms with Crippen molar-refractivity contribution < 1.29 is 4.79 Å². The third-order valence-electron chi connectivity index (χ3n) is 4.76. The van der Waals surface area contributed by atoms with Gasteiger partial charge < -0.3 is 14.4 Å². The van der Waals surface area contributed by atoms with E-state index in [1.165, 1.54) is 0 Å². The molecule has 136 valence electrons. The van der Waals surface area contributed by atoms with Crippen LogP contribution in [0.3, 0.4) is 0 Å². The van der Waals surface area contributed by atoms with Crippen molar-refractivity contribution in [3.05, 3.63) is 24.0 Å². The second kappa shape index (κ2) is 8.19. The first kappa shape index (κ1) is 17.5. The van der Waals surface area contributed by atoms with E-state index in [1.807, 2.05) is 31.3 Å². The molecule has 0 unspecified atom stereocenters. The zero-order chi connectivity index (χ0) is 17.6. The fraction of sp³-hybridized carbons (Fsp3) is 0.688. The Hall–Kier alpha value is -2.29. The highest BCUT2D eigenvalue weighted by molar-refractivity contribution is 5.76. The summed E-state index contributed by atoms with van der Waals surface area (Å²) in [5.74, 6) is 2.03. The lowest BCUT2D eigenvalue weighted by atomic mass is 10.3. The summed E-state index contributed by atoms with van der Waals surface area (Å²) < 4.78 is 3.74. The van der Waals surface area contributed by atoms with E-state index in [9.17, 15) is 4.79 Å². The highest BCUT2D eigenvalue weighted by Gasteiger charge is 2.19. The van der Waals surface area contributed by atoms with Crippen LogP contribution in [0, 0.1) is 6.92 Å². The Kier molecular flexibility index (Phi) is 5.75. The number of tetrazole rings is 1. The second-order valence-corrected chi connectivity index (χ2v) is 6.48. The standard InChI is InChI=1S/C16H26N8O/c1-14-18-19-20-24(14)10-5-16(25)23-8-3-7-22(12-13-23)9-4-15-17-6-11-21(15)2/h6,11H,3-5,7-10,12-13H2,1-2H3. The van der Waals surface area contributed by atoms with Gasteiger partial charge >= 0.3 is 0 Å². The van der Waals surface area contributed by atoms with Crippen molar-refractivity contribution in [3.8, 4) is 0 Å². The van der Waals surface area contributed by atoms with E-state index in [-0.39, 0.29) is 5.91 Å². The van der Waals surface area contributed by atoms with Gasteiger partial charge in [-0.15, -0.1) is 5.10 Å². The summed E-state index contributed by atoms with van der Waals surface area (Å²) in [6.07, 6.45) is 6.21. The first-order valence-corrected chi connectivity index (χ1v) is 8.82. The van der Waals surface area contributed by atoms with Gasteiger partial charge in [-0.2, -0.15) is 0 Å². The zero-order valence-corrected chi connectivity index (χ0v) is 15.0. The van der Waals surface area contributed by atoms with E-state index in [0.717, 1.165) is 57.2 Å². The third kappa shape index (κ3) is 4.62. The first-order valence-electron chi connectivity index (χ1n) is 8.82. The van der Waals surface area contributed by atoms with E-state index in [4.69, 9.17) is 0 Å². The molecule has 0 spiro atoms. The molecule has 0 atom stereocenters. The maximum Gasteiger partial charge on any atom is 0.224 e. The molecule has 1 fully saturated rings. The maximum atomic E-state index is 12.5. The molecule has 3 rings (SSSR count). The monoisotopic (exact) mass is 346 g/mol. The van der Waals surface area contributed by atoms with Gasteiger partial charge in [0.25, 0.3) is 0 Å². The zero-order valence-electron chi connectivity index (χ0n) is 15.0. The average Bonchev–Trinajstić information content (AvgIpc) is 3.12. The molecule has 9 nitrogen and oxygen atoms in total. The van der Waals surface area contributed by atoms with Gasteiger partial charge in [-0.3, -0.25) is 4.79 Å². The minimum atomic E-state index is 0.181. The van der Waals surface area contributed by atoms with Crippen LogP contribution in [0.1, 0.15) is 24.5 Å². The SMILES string of the molecule is Cc1nnnn1CCC(=O)N1CCCN(CCc2nccn2C)CC1. The maximum absolute atomic E-state index is 12.5. The lowest BCUT2D eigenvalue weighted by Crippen LogP contribution is -2.36. The Morgan fingerprint density at radius 2 is 2.08 bits per heavy atom. The van der Waals surface area contributed by atoms with Crippen molar-refractivity contribution in [2.75, 3.05) is 32.7 Å². The normalized spacial score (nSPS) is 16.2. The number of rotatable bonds is 6. The van der Waals surface area contributed by atoms with E-state index >= 15 is 0 Å². The summed E-state index contributed by atoms with van der Waals surface area (Å²) in [5, 5.41) is 11.3. The van der Waals surface area contributed by atoms with Gasteiger partial charge in [0, 0.05) is 58.5 Å². The number of hydrogen-bond acceptors (Lipinski definition) is 6. The second-order valence-electron chi connectivity index (χ2n) is 6.48. The lowest BCUT2D eigenvalue weighted by Gasteiger charge is -2.22. The average molecular weight is 346 g/mol. The molecule has 0 N–H and O–H groups in total. The number of carbonyl (C=O) groups is 1. The molecule has 2 aromatic rings. The van der Waals surface area contributed by atoms with Crippen LogP contribution in [0.4, 0.5) is 0 Å². The van der Waals surface area contributed by atoms with E-state index < -0.39 is 0 Å². The number of amides is 1. The number of carbonyl (C=O) groups excluding carboxylic acids is 1. The molecule has 25 heavy (non-hydrogen) atoms. The molecule has 9 heteroatoms. The predicted octanol–water partition coefficient (Wildman–Crippen LogP) is -0.118. The van der Waals surface area contributed by atoms with Crippen molar-refractivity contribution in [3.63, 3.8) is 0 Å². The number of imidazole rings is 1. The molecule has 3 heterocycles. The number of hydrogen-bond donors (Lipinski definition) is 0. The third-order valence-corrected chi connectivity index (χ3v) is 4.76. The Morgan fingerprint density at radius 1 is 1.20 bits per heavy atom. The van der Waals surface area contributed by atoms with Gasteiger partial charge in [0.15, 0.2) is 0 Å². The molecule has 1 amide bonds. The molecule has 0 bridgehead atoms. The number of aryl methyl sites for hydroxylation is 3. The Balaban J connectivity index is 1.43. The summed E-state index contributed by atoms with van der Waals surface area (Å²) in [4.78, 5) is 21.2. The highest BCUT2D eigenvalue weighted by Crippen LogP contribution is 2.07. The first-order chi connectivity index (χ1) is 12.1. The summed E-state index contributed by atoms with van der Waals surface area (Å²) in [5.41, 5.74) is 0. The van der Waals surface area contributed by atoms with Crippen LogP contribution in [0.5, 0.6) is 0 Å². The minimum absolute atomic E-state index is 0.181. The molecule has 1 saturated heterocycles. The quantitative estimate of drug-likeness (QED) is 0.725. The minimum Gasteiger partial charge on any atom is -0.341 e. The van der Waals surface area contributed by atoms with Crippen LogP contribution in [-0.2, 0) is 24.8 Å². The molecule has 0 radical (unpaired) electrons. The molecular weight excluding hydrogens is 320 g/mol. The summed E-state index contributed by atoms with van der Waals surface area (Å²) in [7, 11) is 2.03. The molecule has 0 aromatic carbocycles. The van der Waals surface area contributed by atoms with Gasteiger partial charge in [-0.05, 0) is 30.3 Å². The molecule has 2 aromatic heterocycles.